The normalized spacial score (nSPS) is 12.4. The van der Waals surface area contributed by atoms with Crippen LogP contribution < -0.4 is 5.56 Å². The summed E-state index contributed by atoms with van der Waals surface area (Å²) in [5.41, 5.74) is 3.86. The van der Waals surface area contributed by atoms with Crippen LogP contribution in [-0.4, -0.2) is 15.0 Å². The van der Waals surface area contributed by atoms with Crippen LogP contribution >= 0.6 is 23.1 Å². The third-order valence-electron chi connectivity index (χ3n) is 4.47. The van der Waals surface area contributed by atoms with E-state index in [1.165, 1.54) is 0 Å². The summed E-state index contributed by atoms with van der Waals surface area (Å²) in [6.45, 7) is 0. The quantitative estimate of drug-likeness (QED) is 0.409. The van der Waals surface area contributed by atoms with Crippen molar-refractivity contribution in [2.75, 3.05) is 0 Å². The predicted molar refractivity (Wildman–Crippen MR) is 116 cm³/mol. The van der Waals surface area contributed by atoms with Gasteiger partial charge in [0.25, 0.3) is 5.56 Å². The van der Waals surface area contributed by atoms with E-state index in [0.29, 0.717) is 5.69 Å². The lowest BCUT2D eigenvalue weighted by molar-refractivity contribution is 1.01. The summed E-state index contributed by atoms with van der Waals surface area (Å²) in [5, 5.41) is -0.241. The van der Waals surface area contributed by atoms with Gasteiger partial charge in [0.1, 0.15) is 5.69 Å². The number of benzene rings is 3. The Morgan fingerprint density at radius 1 is 0.821 bits per heavy atom. The molecule has 0 spiro atoms. The minimum atomic E-state index is -0.241. The number of aromatic amines is 1. The lowest BCUT2D eigenvalue weighted by Crippen LogP contribution is -2.18. The molecule has 0 aliphatic heterocycles. The van der Waals surface area contributed by atoms with Crippen LogP contribution in [0.4, 0.5) is 0 Å². The number of aromatic nitrogens is 3. The van der Waals surface area contributed by atoms with E-state index >= 15 is 0 Å². The fourth-order valence-electron chi connectivity index (χ4n) is 3.13. The number of hydrogen-bond acceptors (Lipinski definition) is 5. The molecule has 28 heavy (non-hydrogen) atoms. The first kappa shape index (κ1) is 17.2. The van der Waals surface area contributed by atoms with E-state index < -0.39 is 0 Å². The fourth-order valence-corrected chi connectivity index (χ4v) is 5.50. The maximum atomic E-state index is 12.9. The van der Waals surface area contributed by atoms with Crippen molar-refractivity contribution in [2.45, 2.75) is 9.59 Å². The lowest BCUT2D eigenvalue weighted by Gasteiger charge is -2.15. The Bertz CT molecular complexity index is 1290. The summed E-state index contributed by atoms with van der Waals surface area (Å²) in [5.74, 6) is 0. The lowest BCUT2D eigenvalue weighted by atomic mass is 10.1. The molecule has 5 aromatic rings. The molecule has 1 atom stereocenters. The summed E-state index contributed by atoms with van der Waals surface area (Å²) in [6.07, 6.45) is 0. The van der Waals surface area contributed by atoms with Gasteiger partial charge in [0, 0.05) is 0 Å². The molecule has 0 aliphatic carbocycles. The highest BCUT2D eigenvalue weighted by Gasteiger charge is 2.23. The van der Waals surface area contributed by atoms with E-state index in [0.717, 1.165) is 31.2 Å². The molecule has 0 amide bonds. The summed E-state index contributed by atoms with van der Waals surface area (Å²) >= 11 is 3.20. The monoisotopic (exact) mass is 401 g/mol. The third-order valence-corrected chi connectivity index (χ3v) is 6.86. The molecule has 2 aromatic heterocycles. The summed E-state index contributed by atoms with van der Waals surface area (Å²) in [4.78, 5) is 25.3. The minimum Gasteiger partial charge on any atom is -0.319 e. The van der Waals surface area contributed by atoms with Gasteiger partial charge in [-0.3, -0.25) is 4.79 Å². The molecule has 5 rings (SSSR count). The maximum Gasteiger partial charge on any atom is 0.271 e. The Morgan fingerprint density at radius 3 is 2.36 bits per heavy atom. The zero-order chi connectivity index (χ0) is 18.9. The highest BCUT2D eigenvalue weighted by Crippen LogP contribution is 2.41. The number of fused-ring (bicyclic) bond motifs is 2. The number of rotatable bonds is 4. The molecule has 1 N–H and O–H groups in total. The van der Waals surface area contributed by atoms with Crippen molar-refractivity contribution >= 4 is 44.3 Å². The largest absolute Gasteiger partial charge is 0.319 e. The Balaban J connectivity index is 1.64. The van der Waals surface area contributed by atoms with Crippen molar-refractivity contribution in [1.82, 2.24) is 15.0 Å². The average Bonchev–Trinajstić information content (AvgIpc) is 3.15. The van der Waals surface area contributed by atoms with Crippen LogP contribution in [0.5, 0.6) is 0 Å². The molecule has 0 aliphatic rings. The number of nitrogens with zero attached hydrogens (tertiary/aromatic N) is 2. The zero-order valence-corrected chi connectivity index (χ0v) is 16.3. The second kappa shape index (κ2) is 7.22. The van der Waals surface area contributed by atoms with Gasteiger partial charge in [0.15, 0.2) is 4.34 Å². The SMILES string of the molecule is O=c1[nH]c2ccccc2nc1C(Sc1nc2ccccc2s1)c1ccccc1. The van der Waals surface area contributed by atoms with Gasteiger partial charge in [-0.15, -0.1) is 11.3 Å². The summed E-state index contributed by atoms with van der Waals surface area (Å²) in [7, 11) is 0. The van der Waals surface area contributed by atoms with E-state index in [9.17, 15) is 4.79 Å². The standard InChI is InChI=1S/C22H15N3OS2/c26-21-19(23-15-10-4-5-11-16(15)24-21)20(14-8-2-1-3-9-14)28-22-25-17-12-6-7-13-18(17)27-22/h1-13,20H,(H,24,26). The molecule has 0 saturated carbocycles. The van der Waals surface area contributed by atoms with Crippen molar-refractivity contribution in [1.29, 1.82) is 0 Å². The van der Waals surface area contributed by atoms with Crippen molar-refractivity contribution < 1.29 is 0 Å². The van der Waals surface area contributed by atoms with E-state index in [-0.39, 0.29) is 10.8 Å². The molecule has 3 aromatic carbocycles. The van der Waals surface area contributed by atoms with E-state index in [1.807, 2.05) is 72.8 Å². The first-order valence-corrected chi connectivity index (χ1v) is 10.5. The number of hydrogen-bond donors (Lipinski definition) is 1. The predicted octanol–water partition coefficient (Wildman–Crippen LogP) is 5.41. The Hall–Kier alpha value is -2.96. The first-order valence-electron chi connectivity index (χ1n) is 8.84. The van der Waals surface area contributed by atoms with Crippen LogP contribution in [0.25, 0.3) is 21.3 Å². The van der Waals surface area contributed by atoms with Gasteiger partial charge in [-0.1, -0.05) is 66.4 Å². The number of thioether (sulfide) groups is 1. The summed E-state index contributed by atoms with van der Waals surface area (Å²) < 4.78 is 2.06. The molecule has 0 saturated heterocycles. The second-order valence-corrected chi connectivity index (χ2v) is 8.71. The molecule has 4 nitrogen and oxygen atoms in total. The van der Waals surface area contributed by atoms with Crippen LogP contribution in [0.2, 0.25) is 0 Å². The number of nitrogens with one attached hydrogen (secondary N) is 1. The van der Waals surface area contributed by atoms with Crippen LogP contribution in [0.15, 0.2) is 88.0 Å². The second-order valence-electron chi connectivity index (χ2n) is 6.32. The molecule has 2 heterocycles. The molecular formula is C22H15N3OS2. The Labute approximate surface area is 169 Å². The number of para-hydroxylation sites is 3. The fraction of sp³-hybridized carbons (Fsp3) is 0.0455. The smallest absolute Gasteiger partial charge is 0.271 e. The van der Waals surface area contributed by atoms with Gasteiger partial charge in [-0.25, -0.2) is 9.97 Å². The summed E-state index contributed by atoms with van der Waals surface area (Å²) in [6, 6.07) is 25.7. The highest BCUT2D eigenvalue weighted by molar-refractivity contribution is 8.01. The minimum absolute atomic E-state index is 0.166. The molecule has 136 valence electrons. The third kappa shape index (κ3) is 3.21. The van der Waals surface area contributed by atoms with Crippen molar-refractivity contribution in [3.05, 3.63) is 100 Å². The van der Waals surface area contributed by atoms with E-state index in [1.54, 1.807) is 23.1 Å². The van der Waals surface area contributed by atoms with E-state index in [4.69, 9.17) is 9.97 Å². The Morgan fingerprint density at radius 2 is 1.54 bits per heavy atom. The number of thiazole rings is 1. The molecule has 0 bridgehead atoms. The van der Waals surface area contributed by atoms with Crippen LogP contribution in [0.3, 0.4) is 0 Å². The molecule has 1 unspecified atom stereocenters. The average molecular weight is 402 g/mol. The molecular weight excluding hydrogens is 386 g/mol. The Kier molecular flexibility index (Phi) is 4.43. The van der Waals surface area contributed by atoms with Crippen molar-refractivity contribution in [3.63, 3.8) is 0 Å². The highest BCUT2D eigenvalue weighted by atomic mass is 32.2. The van der Waals surface area contributed by atoms with Gasteiger partial charge in [-0.05, 0) is 29.8 Å². The van der Waals surface area contributed by atoms with Gasteiger partial charge in [0.05, 0.1) is 26.5 Å². The molecule has 6 heteroatoms. The van der Waals surface area contributed by atoms with Crippen molar-refractivity contribution in [3.8, 4) is 0 Å². The van der Waals surface area contributed by atoms with Crippen LogP contribution in [0.1, 0.15) is 16.5 Å². The topological polar surface area (TPSA) is 58.6 Å². The van der Waals surface area contributed by atoms with Gasteiger partial charge in [-0.2, -0.15) is 0 Å². The van der Waals surface area contributed by atoms with Gasteiger partial charge < -0.3 is 4.98 Å². The zero-order valence-electron chi connectivity index (χ0n) is 14.7. The van der Waals surface area contributed by atoms with Crippen LogP contribution in [0, 0.1) is 0 Å². The van der Waals surface area contributed by atoms with E-state index in [2.05, 4.69) is 11.1 Å². The molecule has 0 radical (unpaired) electrons. The first-order chi connectivity index (χ1) is 13.8. The maximum absolute atomic E-state index is 12.9. The van der Waals surface area contributed by atoms with Gasteiger partial charge >= 0.3 is 0 Å². The van der Waals surface area contributed by atoms with Crippen molar-refractivity contribution in [2.24, 2.45) is 0 Å². The van der Waals surface area contributed by atoms with Gasteiger partial charge in [0.2, 0.25) is 0 Å². The number of H-pyrrole nitrogens is 1. The molecule has 0 fully saturated rings. The van der Waals surface area contributed by atoms with Crippen LogP contribution in [-0.2, 0) is 0 Å².